The first-order valence-corrected chi connectivity index (χ1v) is 8.96. The van der Waals surface area contributed by atoms with Gasteiger partial charge in [-0.15, -0.1) is 11.8 Å². The number of amides is 2. The van der Waals surface area contributed by atoms with Crippen molar-refractivity contribution in [3.63, 3.8) is 0 Å². The van der Waals surface area contributed by atoms with E-state index in [9.17, 15) is 19.5 Å². The first-order valence-electron chi connectivity index (χ1n) is 7.11. The Balaban J connectivity index is 1.79. The molecule has 2 atom stereocenters. The Bertz CT molecular complexity index is 803. The Hall–Kier alpha value is -1.81. The van der Waals surface area contributed by atoms with Crippen LogP contribution in [0.25, 0.3) is 0 Å². The highest BCUT2D eigenvalue weighted by Crippen LogP contribution is 2.40. The minimum atomic E-state index is -1.13. The average Bonchev–Trinajstić information content (AvgIpc) is 2.79. The summed E-state index contributed by atoms with van der Waals surface area (Å²) in [5.74, 6) is -1.50. The average molecular weight is 415 g/mol. The Labute approximate surface area is 150 Å². The predicted octanol–water partition coefficient (Wildman–Crippen LogP) is 0.863. The standard InChI is InChI=1S/C14H15BrN4O4S/c1-5-4-24-13-9(12(21)19(13)10(5)14(22)23)16-11(20)8-7(15)6(2)18(3)17-8/h9,13H,4H2,1-3H3,(H,16,20)(H,22,23)/t9-,13-/m0/s1. The van der Waals surface area contributed by atoms with Crippen LogP contribution in [0.1, 0.15) is 23.1 Å². The van der Waals surface area contributed by atoms with Crippen LogP contribution in [-0.4, -0.2) is 54.7 Å². The smallest absolute Gasteiger partial charge is 0.352 e. The number of hydrogen-bond donors (Lipinski definition) is 2. The van der Waals surface area contributed by atoms with Crippen LogP contribution < -0.4 is 5.32 Å². The first kappa shape index (κ1) is 17.0. The number of aromatic nitrogens is 2. The number of carbonyl (C=O) groups excluding carboxylic acids is 2. The number of carboxylic acid groups (broad SMARTS) is 1. The Morgan fingerprint density at radius 2 is 2.08 bits per heavy atom. The van der Waals surface area contributed by atoms with Crippen LogP contribution in [0.5, 0.6) is 0 Å². The summed E-state index contributed by atoms with van der Waals surface area (Å²) >= 11 is 4.76. The zero-order chi connectivity index (χ0) is 17.8. The number of aliphatic carboxylic acids is 1. The maximum Gasteiger partial charge on any atom is 0.352 e. The van der Waals surface area contributed by atoms with Crippen LogP contribution in [0, 0.1) is 6.92 Å². The first-order chi connectivity index (χ1) is 11.2. The van der Waals surface area contributed by atoms with E-state index in [1.165, 1.54) is 16.7 Å². The number of nitrogens with zero attached hydrogens (tertiary/aromatic N) is 3. The van der Waals surface area contributed by atoms with Gasteiger partial charge in [-0.05, 0) is 35.4 Å². The summed E-state index contributed by atoms with van der Waals surface area (Å²) in [5, 5.41) is 15.7. The molecule has 3 rings (SSSR count). The summed E-state index contributed by atoms with van der Waals surface area (Å²) < 4.78 is 2.14. The van der Waals surface area contributed by atoms with Crippen molar-refractivity contribution in [2.45, 2.75) is 25.3 Å². The fraction of sp³-hybridized carbons (Fsp3) is 0.429. The fourth-order valence-corrected chi connectivity index (χ4v) is 4.52. The maximum atomic E-state index is 12.4. The molecule has 3 heterocycles. The van der Waals surface area contributed by atoms with Crippen molar-refractivity contribution in [1.29, 1.82) is 0 Å². The van der Waals surface area contributed by atoms with Gasteiger partial charge in [0.15, 0.2) is 5.69 Å². The van der Waals surface area contributed by atoms with E-state index in [0.29, 0.717) is 15.8 Å². The minimum absolute atomic E-state index is 0.0177. The number of rotatable bonds is 3. The SMILES string of the molecule is CC1=C(C(=O)O)N2C(=O)[C@H](NC(=O)c3nn(C)c(C)c3Br)[C@@H]2SC1. The van der Waals surface area contributed by atoms with Crippen LogP contribution in [0.2, 0.25) is 0 Å². The van der Waals surface area contributed by atoms with E-state index in [-0.39, 0.29) is 11.4 Å². The van der Waals surface area contributed by atoms with Gasteiger partial charge in [0.05, 0.1) is 10.2 Å². The molecule has 2 amide bonds. The van der Waals surface area contributed by atoms with Gasteiger partial charge >= 0.3 is 5.97 Å². The normalized spacial score (nSPS) is 23.0. The van der Waals surface area contributed by atoms with Crippen LogP contribution >= 0.6 is 27.7 Å². The highest BCUT2D eigenvalue weighted by molar-refractivity contribution is 9.10. The van der Waals surface area contributed by atoms with Crippen molar-refractivity contribution < 1.29 is 19.5 Å². The predicted molar refractivity (Wildman–Crippen MR) is 90.3 cm³/mol. The number of carboxylic acids is 1. The van der Waals surface area contributed by atoms with Crippen molar-refractivity contribution in [3.8, 4) is 0 Å². The van der Waals surface area contributed by atoms with Gasteiger partial charge in [-0.25, -0.2) is 4.79 Å². The van der Waals surface area contributed by atoms with Gasteiger partial charge in [-0.1, -0.05) is 0 Å². The van der Waals surface area contributed by atoms with E-state index in [4.69, 9.17) is 0 Å². The number of β-lactam (4-membered cyclic amide) rings is 1. The van der Waals surface area contributed by atoms with Gasteiger partial charge < -0.3 is 10.4 Å². The molecule has 1 aromatic heterocycles. The minimum Gasteiger partial charge on any atom is -0.477 e. The lowest BCUT2D eigenvalue weighted by Gasteiger charge is -2.49. The molecule has 0 aromatic carbocycles. The quantitative estimate of drug-likeness (QED) is 0.710. The summed E-state index contributed by atoms with van der Waals surface area (Å²) in [5.41, 5.74) is 1.65. The van der Waals surface area contributed by atoms with Gasteiger partial charge in [-0.2, -0.15) is 5.10 Å². The summed E-state index contributed by atoms with van der Waals surface area (Å²) in [6.07, 6.45) is 0. The maximum absolute atomic E-state index is 12.4. The topological polar surface area (TPSA) is 105 Å². The Morgan fingerprint density at radius 3 is 2.62 bits per heavy atom. The monoisotopic (exact) mass is 414 g/mol. The number of halogens is 1. The molecule has 2 aliphatic rings. The van der Waals surface area contributed by atoms with E-state index in [0.717, 1.165) is 5.69 Å². The van der Waals surface area contributed by atoms with Gasteiger partial charge in [0, 0.05) is 12.8 Å². The van der Waals surface area contributed by atoms with Crippen molar-refractivity contribution >= 4 is 45.5 Å². The van der Waals surface area contributed by atoms with Crippen molar-refractivity contribution in [3.05, 3.63) is 27.1 Å². The highest BCUT2D eigenvalue weighted by Gasteiger charge is 2.53. The van der Waals surface area contributed by atoms with Crippen LogP contribution in [0.4, 0.5) is 0 Å². The molecule has 8 nitrogen and oxygen atoms in total. The summed E-state index contributed by atoms with van der Waals surface area (Å²) in [6.45, 7) is 3.51. The lowest BCUT2D eigenvalue weighted by Crippen LogP contribution is -2.70. The number of thioether (sulfide) groups is 1. The molecule has 10 heteroatoms. The van der Waals surface area contributed by atoms with Gasteiger partial charge in [0.2, 0.25) is 0 Å². The van der Waals surface area contributed by atoms with Crippen molar-refractivity contribution in [1.82, 2.24) is 20.0 Å². The van der Waals surface area contributed by atoms with E-state index in [1.54, 1.807) is 18.7 Å². The van der Waals surface area contributed by atoms with Gasteiger partial charge in [-0.3, -0.25) is 19.2 Å². The fourth-order valence-electron chi connectivity index (χ4n) is 2.71. The van der Waals surface area contributed by atoms with Crippen LogP contribution in [0.3, 0.4) is 0 Å². The van der Waals surface area contributed by atoms with Crippen LogP contribution in [-0.2, 0) is 16.6 Å². The molecule has 0 saturated carbocycles. The highest BCUT2D eigenvalue weighted by atomic mass is 79.9. The molecule has 2 aliphatic heterocycles. The molecule has 0 unspecified atom stereocenters. The molecule has 128 valence electrons. The second-order valence-corrected chi connectivity index (χ2v) is 7.56. The molecule has 24 heavy (non-hydrogen) atoms. The second kappa shape index (κ2) is 5.92. The Kier molecular flexibility index (Phi) is 4.20. The van der Waals surface area contributed by atoms with Crippen molar-refractivity contribution in [2.24, 2.45) is 7.05 Å². The molecule has 1 aromatic rings. The van der Waals surface area contributed by atoms with Crippen molar-refractivity contribution in [2.75, 3.05) is 5.75 Å². The van der Waals surface area contributed by atoms with E-state index < -0.39 is 29.2 Å². The molecule has 0 bridgehead atoms. The molecular formula is C14H15BrN4O4S. The largest absolute Gasteiger partial charge is 0.477 e. The number of fused-ring (bicyclic) bond motifs is 1. The number of hydrogen-bond acceptors (Lipinski definition) is 5. The zero-order valence-electron chi connectivity index (χ0n) is 13.2. The summed E-state index contributed by atoms with van der Waals surface area (Å²) in [6, 6.07) is -0.751. The number of aryl methyl sites for hydroxylation is 1. The van der Waals surface area contributed by atoms with E-state index in [2.05, 4.69) is 26.3 Å². The van der Waals surface area contributed by atoms with Gasteiger partial charge in [0.25, 0.3) is 11.8 Å². The van der Waals surface area contributed by atoms with E-state index >= 15 is 0 Å². The third kappa shape index (κ3) is 2.44. The number of carbonyl (C=O) groups is 3. The molecule has 1 fully saturated rings. The molecular weight excluding hydrogens is 400 g/mol. The molecule has 0 spiro atoms. The lowest BCUT2D eigenvalue weighted by atomic mass is 10.0. The van der Waals surface area contributed by atoms with E-state index in [1.807, 2.05) is 6.92 Å². The number of nitrogens with one attached hydrogen (secondary N) is 1. The zero-order valence-corrected chi connectivity index (χ0v) is 15.6. The third-order valence-corrected chi connectivity index (χ3v) is 6.50. The molecule has 0 radical (unpaired) electrons. The summed E-state index contributed by atoms with van der Waals surface area (Å²) in [7, 11) is 1.72. The van der Waals surface area contributed by atoms with Gasteiger partial charge in [0.1, 0.15) is 17.1 Å². The third-order valence-electron chi connectivity index (χ3n) is 4.12. The second-order valence-electron chi connectivity index (χ2n) is 5.67. The molecule has 2 N–H and O–H groups in total. The Morgan fingerprint density at radius 1 is 1.42 bits per heavy atom. The lowest BCUT2D eigenvalue weighted by molar-refractivity contribution is -0.148. The molecule has 1 saturated heterocycles. The molecule has 0 aliphatic carbocycles. The van der Waals surface area contributed by atoms with Crippen LogP contribution in [0.15, 0.2) is 15.7 Å². The summed E-state index contributed by atoms with van der Waals surface area (Å²) in [4.78, 5) is 37.4.